The molecule has 3 N–H and O–H groups in total. The van der Waals surface area contributed by atoms with Crippen molar-refractivity contribution in [2.24, 2.45) is 0 Å². The molecular weight excluding hydrogens is 418 g/mol. The molecule has 0 aliphatic rings. The predicted molar refractivity (Wildman–Crippen MR) is 132 cm³/mol. The molecule has 0 aliphatic heterocycles. The maximum Gasteiger partial charge on any atom is 0.272 e. The van der Waals surface area contributed by atoms with Crippen molar-refractivity contribution in [2.75, 3.05) is 17.2 Å². The van der Waals surface area contributed by atoms with Crippen LogP contribution in [-0.2, 0) is 12.3 Å². The molecule has 0 fully saturated rings. The third-order valence-electron chi connectivity index (χ3n) is 5.81. The zero-order chi connectivity index (χ0) is 22.8. The smallest absolute Gasteiger partial charge is 0.272 e. The largest absolute Gasteiger partial charge is 0.385 e. The molecule has 0 unspecified atom stereocenters. The minimum atomic E-state index is -2.95. The Balaban J connectivity index is 1.27. The first-order valence-corrected chi connectivity index (χ1v) is 10.9. The summed E-state index contributed by atoms with van der Waals surface area (Å²) in [5, 5.41) is 8.71. The van der Waals surface area contributed by atoms with Crippen LogP contribution in [-0.4, -0.2) is 16.5 Å². The van der Waals surface area contributed by atoms with Crippen molar-refractivity contribution in [3.05, 3.63) is 96.3 Å². The van der Waals surface area contributed by atoms with E-state index in [1.165, 1.54) is 17.0 Å². The summed E-state index contributed by atoms with van der Waals surface area (Å²) in [7, 11) is 0. The van der Waals surface area contributed by atoms with Crippen LogP contribution in [0, 0.1) is 0 Å². The quantitative estimate of drug-likeness (QED) is 0.249. The molecule has 3 aromatic carbocycles. The number of aromatic nitrogens is 2. The van der Waals surface area contributed by atoms with Gasteiger partial charge in [-0.3, -0.25) is 4.98 Å². The molecule has 0 atom stereocenters. The van der Waals surface area contributed by atoms with Crippen LogP contribution in [0.5, 0.6) is 0 Å². The first-order valence-electron chi connectivity index (χ1n) is 10.9. The molecule has 0 amide bonds. The van der Waals surface area contributed by atoms with Crippen LogP contribution in [0.25, 0.3) is 21.8 Å². The Kier molecular flexibility index (Phi) is 5.42. The number of H-pyrrole nitrogens is 1. The number of aromatic amines is 1. The predicted octanol–water partition coefficient (Wildman–Crippen LogP) is 7.23. The van der Waals surface area contributed by atoms with Gasteiger partial charge in [0.15, 0.2) is 0 Å². The maximum absolute atomic E-state index is 14.0. The minimum Gasteiger partial charge on any atom is -0.385 e. The molecular formula is C27H24F2N4. The van der Waals surface area contributed by atoms with Crippen LogP contribution in [0.4, 0.5) is 25.8 Å². The Morgan fingerprint density at radius 1 is 0.879 bits per heavy atom. The Labute approximate surface area is 190 Å². The first kappa shape index (κ1) is 20.9. The molecule has 33 heavy (non-hydrogen) atoms. The fraction of sp³-hybridized carbons (Fsp3) is 0.148. The van der Waals surface area contributed by atoms with Crippen molar-refractivity contribution in [1.82, 2.24) is 9.97 Å². The lowest BCUT2D eigenvalue weighted by Crippen LogP contribution is -2.08. The standard InChI is InChI=1S/C27H24F2N4/c1-27(28,29)23-7-4-6-22-25(14-16-31-26(22)23)33-20-11-9-19(10-12-20)30-15-13-18-17-32-24-8-3-2-5-21(18)24/h2-12,14,16-17,30,32H,13,15H2,1H3,(H,31,33). The average molecular weight is 443 g/mol. The van der Waals surface area contributed by atoms with Crippen molar-refractivity contribution < 1.29 is 8.78 Å². The number of halogens is 2. The maximum atomic E-state index is 14.0. The monoisotopic (exact) mass is 442 g/mol. The van der Waals surface area contributed by atoms with Gasteiger partial charge < -0.3 is 15.6 Å². The van der Waals surface area contributed by atoms with Gasteiger partial charge in [0.2, 0.25) is 0 Å². The topological polar surface area (TPSA) is 52.7 Å². The number of fused-ring (bicyclic) bond motifs is 2. The zero-order valence-electron chi connectivity index (χ0n) is 18.2. The van der Waals surface area contributed by atoms with E-state index >= 15 is 0 Å². The molecule has 166 valence electrons. The molecule has 0 spiro atoms. The van der Waals surface area contributed by atoms with Gasteiger partial charge in [-0.05, 0) is 48.4 Å². The van der Waals surface area contributed by atoms with Gasteiger partial charge in [-0.15, -0.1) is 0 Å². The lowest BCUT2D eigenvalue weighted by Gasteiger charge is -2.15. The van der Waals surface area contributed by atoms with Crippen LogP contribution >= 0.6 is 0 Å². The molecule has 5 aromatic rings. The van der Waals surface area contributed by atoms with Crippen molar-refractivity contribution >= 4 is 38.9 Å². The van der Waals surface area contributed by atoms with Crippen molar-refractivity contribution in [2.45, 2.75) is 19.3 Å². The minimum absolute atomic E-state index is 0.0709. The second-order valence-electron chi connectivity index (χ2n) is 8.19. The van der Waals surface area contributed by atoms with E-state index in [0.717, 1.165) is 42.5 Å². The molecule has 5 rings (SSSR count). The van der Waals surface area contributed by atoms with E-state index in [2.05, 4.69) is 45.0 Å². The second kappa shape index (κ2) is 8.54. The first-order chi connectivity index (χ1) is 16.0. The SMILES string of the molecule is CC(F)(F)c1cccc2c(Nc3ccc(NCCc4c[nH]c5ccccc45)cc3)ccnc12. The van der Waals surface area contributed by atoms with Crippen molar-refractivity contribution in [3.8, 4) is 0 Å². The average Bonchev–Trinajstić information content (AvgIpc) is 3.23. The van der Waals surface area contributed by atoms with E-state index in [4.69, 9.17) is 0 Å². The van der Waals surface area contributed by atoms with Crippen molar-refractivity contribution in [1.29, 1.82) is 0 Å². The molecule has 2 aromatic heterocycles. The van der Waals surface area contributed by atoms with Crippen LogP contribution in [0.15, 0.2) is 85.2 Å². The highest BCUT2D eigenvalue weighted by atomic mass is 19.3. The third-order valence-corrected chi connectivity index (χ3v) is 5.81. The summed E-state index contributed by atoms with van der Waals surface area (Å²) in [5.41, 5.74) is 5.32. The van der Waals surface area contributed by atoms with Gasteiger partial charge in [-0.1, -0.05) is 36.4 Å². The summed E-state index contributed by atoms with van der Waals surface area (Å²) in [6.45, 7) is 1.71. The van der Waals surface area contributed by atoms with Crippen molar-refractivity contribution in [3.63, 3.8) is 0 Å². The molecule has 0 saturated heterocycles. The van der Waals surface area contributed by atoms with Gasteiger partial charge in [0.05, 0.1) is 5.52 Å². The Morgan fingerprint density at radius 3 is 2.45 bits per heavy atom. The number of anilines is 3. The Morgan fingerprint density at radius 2 is 1.64 bits per heavy atom. The number of pyridine rings is 1. The number of nitrogens with one attached hydrogen (secondary N) is 3. The normalized spacial score (nSPS) is 11.7. The summed E-state index contributed by atoms with van der Waals surface area (Å²) >= 11 is 0. The summed E-state index contributed by atoms with van der Waals surface area (Å²) in [5.74, 6) is -2.95. The van der Waals surface area contributed by atoms with Gasteiger partial charge in [-0.2, -0.15) is 0 Å². The highest BCUT2D eigenvalue weighted by Gasteiger charge is 2.27. The van der Waals surface area contributed by atoms with Gasteiger partial charge in [0, 0.05) is 64.8 Å². The number of benzene rings is 3. The highest BCUT2D eigenvalue weighted by molar-refractivity contribution is 5.95. The van der Waals surface area contributed by atoms with E-state index < -0.39 is 5.92 Å². The molecule has 0 radical (unpaired) electrons. The molecule has 6 heteroatoms. The van der Waals surface area contributed by atoms with Gasteiger partial charge in [0.25, 0.3) is 5.92 Å². The highest BCUT2D eigenvalue weighted by Crippen LogP contribution is 2.35. The van der Waals surface area contributed by atoms with E-state index in [1.54, 1.807) is 24.4 Å². The Bertz CT molecular complexity index is 1400. The number of alkyl halides is 2. The molecule has 0 saturated carbocycles. The lowest BCUT2D eigenvalue weighted by molar-refractivity contribution is 0.0189. The van der Waals surface area contributed by atoms with Gasteiger partial charge in [-0.25, -0.2) is 8.78 Å². The fourth-order valence-electron chi connectivity index (χ4n) is 4.15. The number of rotatable bonds is 7. The van der Waals surface area contributed by atoms with Crippen LogP contribution < -0.4 is 10.6 Å². The van der Waals surface area contributed by atoms with Gasteiger partial charge >= 0.3 is 0 Å². The van der Waals surface area contributed by atoms with Crippen LogP contribution in [0.3, 0.4) is 0 Å². The second-order valence-corrected chi connectivity index (χ2v) is 8.19. The number of nitrogens with zero attached hydrogens (tertiary/aromatic N) is 1. The number of hydrogen-bond acceptors (Lipinski definition) is 3. The third kappa shape index (κ3) is 4.37. The lowest BCUT2D eigenvalue weighted by atomic mass is 10.0. The molecule has 2 heterocycles. The zero-order valence-corrected chi connectivity index (χ0v) is 18.2. The summed E-state index contributed by atoms with van der Waals surface area (Å²) < 4.78 is 28.0. The summed E-state index contributed by atoms with van der Waals surface area (Å²) in [4.78, 5) is 7.52. The molecule has 0 bridgehead atoms. The Hall–Kier alpha value is -3.93. The fourth-order valence-corrected chi connectivity index (χ4v) is 4.15. The van der Waals surface area contributed by atoms with E-state index in [0.29, 0.717) is 10.9 Å². The van der Waals surface area contributed by atoms with E-state index in [1.807, 2.05) is 30.3 Å². The number of hydrogen-bond donors (Lipinski definition) is 3. The van der Waals surface area contributed by atoms with Crippen LogP contribution in [0.1, 0.15) is 18.1 Å². The molecule has 0 aliphatic carbocycles. The van der Waals surface area contributed by atoms with Crippen LogP contribution in [0.2, 0.25) is 0 Å². The number of para-hydroxylation sites is 2. The van der Waals surface area contributed by atoms with E-state index in [-0.39, 0.29) is 5.56 Å². The summed E-state index contributed by atoms with van der Waals surface area (Å²) in [6, 6.07) is 22.9. The van der Waals surface area contributed by atoms with Gasteiger partial charge in [0.1, 0.15) is 0 Å². The van der Waals surface area contributed by atoms with E-state index in [9.17, 15) is 8.78 Å². The molecule has 4 nitrogen and oxygen atoms in total. The summed E-state index contributed by atoms with van der Waals surface area (Å²) in [6.07, 6.45) is 4.54.